The summed E-state index contributed by atoms with van der Waals surface area (Å²) in [5.41, 5.74) is -0.0153. The number of rotatable bonds is 4. The topological polar surface area (TPSA) is 55.4 Å². The van der Waals surface area contributed by atoms with Crippen molar-refractivity contribution < 1.29 is 23.1 Å². The van der Waals surface area contributed by atoms with Gasteiger partial charge in [-0.3, -0.25) is 4.79 Å². The van der Waals surface area contributed by atoms with Crippen LogP contribution in [0.25, 0.3) is 0 Å². The van der Waals surface area contributed by atoms with Crippen molar-refractivity contribution in [3.05, 3.63) is 64.7 Å². The molecular formula is C15H10ClF2NO3. The number of carbonyl (C=O) groups is 2. The highest BCUT2D eigenvalue weighted by Crippen LogP contribution is 2.15. The molecule has 4 nitrogen and oxygen atoms in total. The summed E-state index contributed by atoms with van der Waals surface area (Å²) in [7, 11) is 0. The van der Waals surface area contributed by atoms with E-state index in [-0.39, 0.29) is 11.3 Å². The third kappa shape index (κ3) is 4.26. The van der Waals surface area contributed by atoms with E-state index in [4.69, 9.17) is 16.3 Å². The maximum absolute atomic E-state index is 13.3. The summed E-state index contributed by atoms with van der Waals surface area (Å²) in [5, 5.41) is 2.53. The third-order valence-corrected chi connectivity index (χ3v) is 2.83. The quantitative estimate of drug-likeness (QED) is 0.876. The molecule has 114 valence electrons. The Balaban J connectivity index is 1.91. The Labute approximate surface area is 129 Å². The van der Waals surface area contributed by atoms with Crippen molar-refractivity contribution in [2.24, 2.45) is 0 Å². The Bertz CT molecular complexity index is 722. The van der Waals surface area contributed by atoms with Gasteiger partial charge in [-0.25, -0.2) is 13.6 Å². The SMILES string of the molecule is O=C(COC(=O)c1cccc(Cl)c1)Nc1ccc(F)cc1F. The first kappa shape index (κ1) is 15.9. The average molecular weight is 326 g/mol. The molecule has 22 heavy (non-hydrogen) atoms. The van der Waals surface area contributed by atoms with Gasteiger partial charge in [0.15, 0.2) is 6.61 Å². The van der Waals surface area contributed by atoms with Gasteiger partial charge in [0.1, 0.15) is 11.6 Å². The first-order valence-corrected chi connectivity index (χ1v) is 6.51. The lowest BCUT2D eigenvalue weighted by atomic mass is 10.2. The summed E-state index contributed by atoms with van der Waals surface area (Å²) in [6.07, 6.45) is 0. The second-order valence-electron chi connectivity index (χ2n) is 4.26. The van der Waals surface area contributed by atoms with E-state index < -0.39 is 30.1 Å². The second-order valence-corrected chi connectivity index (χ2v) is 4.70. The van der Waals surface area contributed by atoms with Crippen LogP contribution in [0.5, 0.6) is 0 Å². The minimum Gasteiger partial charge on any atom is -0.452 e. The smallest absolute Gasteiger partial charge is 0.338 e. The number of nitrogens with one attached hydrogen (secondary N) is 1. The van der Waals surface area contributed by atoms with E-state index in [0.717, 1.165) is 12.1 Å². The zero-order valence-corrected chi connectivity index (χ0v) is 11.9. The van der Waals surface area contributed by atoms with E-state index in [1.807, 2.05) is 0 Å². The highest BCUT2D eigenvalue weighted by Gasteiger charge is 2.12. The molecule has 0 aliphatic carbocycles. The molecule has 0 bridgehead atoms. The van der Waals surface area contributed by atoms with Crippen molar-refractivity contribution >= 4 is 29.2 Å². The summed E-state index contributed by atoms with van der Waals surface area (Å²) in [4.78, 5) is 23.3. The number of carbonyl (C=O) groups excluding carboxylic acids is 2. The van der Waals surface area contributed by atoms with Crippen molar-refractivity contribution in [1.82, 2.24) is 0 Å². The first-order valence-electron chi connectivity index (χ1n) is 6.13. The number of benzene rings is 2. The van der Waals surface area contributed by atoms with Gasteiger partial charge in [-0.1, -0.05) is 17.7 Å². The zero-order valence-electron chi connectivity index (χ0n) is 11.1. The maximum Gasteiger partial charge on any atom is 0.338 e. The van der Waals surface area contributed by atoms with Crippen LogP contribution in [0, 0.1) is 11.6 Å². The molecule has 2 rings (SSSR count). The molecule has 0 saturated carbocycles. The lowest BCUT2D eigenvalue weighted by Crippen LogP contribution is -2.21. The standard InChI is InChI=1S/C15H10ClF2NO3/c16-10-3-1-2-9(6-10)15(21)22-8-14(20)19-13-5-4-11(17)7-12(13)18/h1-7H,8H2,(H,19,20). The molecular weight excluding hydrogens is 316 g/mol. The number of amides is 1. The molecule has 7 heteroatoms. The van der Waals surface area contributed by atoms with Gasteiger partial charge in [0.05, 0.1) is 11.3 Å². The molecule has 0 heterocycles. The molecule has 1 N–H and O–H groups in total. The fraction of sp³-hybridized carbons (Fsp3) is 0.0667. The number of hydrogen-bond acceptors (Lipinski definition) is 3. The van der Waals surface area contributed by atoms with Gasteiger partial charge in [0.25, 0.3) is 5.91 Å². The van der Waals surface area contributed by atoms with Crippen molar-refractivity contribution in [3.8, 4) is 0 Å². The third-order valence-electron chi connectivity index (χ3n) is 2.60. The highest BCUT2D eigenvalue weighted by molar-refractivity contribution is 6.30. The van der Waals surface area contributed by atoms with E-state index in [0.29, 0.717) is 11.1 Å². The zero-order chi connectivity index (χ0) is 16.1. The fourth-order valence-electron chi connectivity index (χ4n) is 1.61. The van der Waals surface area contributed by atoms with Crippen LogP contribution in [0.1, 0.15) is 10.4 Å². The van der Waals surface area contributed by atoms with Gasteiger partial charge < -0.3 is 10.1 Å². The Morgan fingerprint density at radius 3 is 2.59 bits per heavy atom. The Morgan fingerprint density at radius 2 is 1.91 bits per heavy atom. The summed E-state index contributed by atoms with van der Waals surface area (Å²) >= 11 is 5.73. The largest absolute Gasteiger partial charge is 0.452 e. The van der Waals surface area contributed by atoms with Gasteiger partial charge in [0, 0.05) is 11.1 Å². The number of hydrogen-bond donors (Lipinski definition) is 1. The van der Waals surface area contributed by atoms with Crippen LogP contribution in [-0.4, -0.2) is 18.5 Å². The van der Waals surface area contributed by atoms with Gasteiger partial charge in [-0.2, -0.15) is 0 Å². The van der Waals surface area contributed by atoms with Crippen molar-refractivity contribution in [2.45, 2.75) is 0 Å². The molecule has 2 aromatic carbocycles. The highest BCUT2D eigenvalue weighted by atomic mass is 35.5. The van der Waals surface area contributed by atoms with E-state index in [9.17, 15) is 18.4 Å². The van der Waals surface area contributed by atoms with E-state index >= 15 is 0 Å². The van der Waals surface area contributed by atoms with E-state index in [1.165, 1.54) is 12.1 Å². The Hall–Kier alpha value is -2.47. The number of ether oxygens (including phenoxy) is 1. The molecule has 0 fully saturated rings. The fourth-order valence-corrected chi connectivity index (χ4v) is 1.80. The van der Waals surface area contributed by atoms with Crippen LogP contribution in [0.2, 0.25) is 5.02 Å². The molecule has 1 amide bonds. The Kier molecular flexibility index (Phi) is 5.06. The molecule has 0 aliphatic rings. The monoisotopic (exact) mass is 325 g/mol. The number of anilines is 1. The Morgan fingerprint density at radius 1 is 1.14 bits per heavy atom. The van der Waals surface area contributed by atoms with Crippen LogP contribution in [0.15, 0.2) is 42.5 Å². The molecule has 0 aromatic heterocycles. The summed E-state index contributed by atoms with van der Waals surface area (Å²) in [5.74, 6) is -3.17. The summed E-state index contributed by atoms with van der Waals surface area (Å²) < 4.78 is 30.8. The lowest BCUT2D eigenvalue weighted by molar-refractivity contribution is -0.119. The van der Waals surface area contributed by atoms with Crippen molar-refractivity contribution in [2.75, 3.05) is 11.9 Å². The molecule has 0 aliphatic heterocycles. The molecule has 0 spiro atoms. The van der Waals surface area contributed by atoms with Crippen LogP contribution in [0.3, 0.4) is 0 Å². The summed E-state index contributed by atoms with van der Waals surface area (Å²) in [6, 6.07) is 8.72. The number of esters is 1. The molecule has 0 saturated heterocycles. The molecule has 0 radical (unpaired) electrons. The van der Waals surface area contributed by atoms with E-state index in [1.54, 1.807) is 12.1 Å². The minimum atomic E-state index is -0.922. The second kappa shape index (κ2) is 7.00. The molecule has 2 aromatic rings. The van der Waals surface area contributed by atoms with Gasteiger partial charge in [-0.05, 0) is 30.3 Å². The predicted octanol–water partition coefficient (Wildman–Crippen LogP) is 3.41. The first-order chi connectivity index (χ1) is 10.5. The van der Waals surface area contributed by atoms with Crippen molar-refractivity contribution in [3.63, 3.8) is 0 Å². The van der Waals surface area contributed by atoms with Crippen LogP contribution in [-0.2, 0) is 9.53 Å². The van der Waals surface area contributed by atoms with Gasteiger partial charge in [-0.15, -0.1) is 0 Å². The maximum atomic E-state index is 13.3. The molecule has 0 atom stereocenters. The molecule has 0 unspecified atom stereocenters. The lowest BCUT2D eigenvalue weighted by Gasteiger charge is -2.07. The van der Waals surface area contributed by atoms with E-state index in [2.05, 4.69) is 5.32 Å². The van der Waals surface area contributed by atoms with Crippen LogP contribution >= 0.6 is 11.6 Å². The van der Waals surface area contributed by atoms with Crippen molar-refractivity contribution in [1.29, 1.82) is 0 Å². The van der Waals surface area contributed by atoms with Crippen LogP contribution in [0.4, 0.5) is 14.5 Å². The predicted molar refractivity (Wildman–Crippen MR) is 76.7 cm³/mol. The summed E-state index contributed by atoms with van der Waals surface area (Å²) in [6.45, 7) is -0.609. The van der Waals surface area contributed by atoms with Crippen LogP contribution < -0.4 is 5.32 Å². The number of halogens is 3. The van der Waals surface area contributed by atoms with Gasteiger partial charge >= 0.3 is 5.97 Å². The minimum absolute atomic E-state index is 0.188. The average Bonchev–Trinajstić information content (AvgIpc) is 2.47. The van der Waals surface area contributed by atoms with Gasteiger partial charge in [0.2, 0.25) is 0 Å². The normalized spacial score (nSPS) is 10.1.